The van der Waals surface area contributed by atoms with E-state index < -0.39 is 5.97 Å². The van der Waals surface area contributed by atoms with Gasteiger partial charge in [0.15, 0.2) is 0 Å². The summed E-state index contributed by atoms with van der Waals surface area (Å²) in [7, 11) is 0. The van der Waals surface area contributed by atoms with Gasteiger partial charge in [-0.2, -0.15) is 0 Å². The van der Waals surface area contributed by atoms with E-state index in [2.05, 4.69) is 24.1 Å². The first-order valence-electron chi connectivity index (χ1n) is 5.32. The highest BCUT2D eigenvalue weighted by Gasteiger charge is 2.22. The third-order valence-electron chi connectivity index (χ3n) is 2.90. The van der Waals surface area contributed by atoms with Gasteiger partial charge in [0.25, 0.3) is 0 Å². The lowest BCUT2D eigenvalue weighted by Crippen LogP contribution is -2.41. The van der Waals surface area contributed by atoms with Crippen molar-refractivity contribution in [2.24, 2.45) is 0 Å². The summed E-state index contributed by atoms with van der Waals surface area (Å²) in [5, 5.41) is 12.0. The van der Waals surface area contributed by atoms with Gasteiger partial charge in [-0.3, -0.25) is 9.69 Å². The monoisotopic (exact) mass is 200 g/mol. The Morgan fingerprint density at radius 3 is 2.93 bits per heavy atom. The molecule has 0 aromatic carbocycles. The molecule has 0 aliphatic carbocycles. The van der Waals surface area contributed by atoms with E-state index in [0.717, 1.165) is 26.1 Å². The molecule has 2 atom stereocenters. The normalized spacial score (nSPS) is 29.9. The zero-order valence-corrected chi connectivity index (χ0v) is 8.99. The van der Waals surface area contributed by atoms with Gasteiger partial charge in [0, 0.05) is 18.6 Å². The van der Waals surface area contributed by atoms with Crippen molar-refractivity contribution in [1.82, 2.24) is 10.2 Å². The Morgan fingerprint density at radius 2 is 2.36 bits per heavy atom. The Hall–Kier alpha value is -0.610. The second-order valence-electron chi connectivity index (χ2n) is 3.97. The molecule has 0 aromatic heterocycles. The molecule has 0 aromatic rings. The van der Waals surface area contributed by atoms with E-state index in [-0.39, 0.29) is 12.5 Å². The van der Waals surface area contributed by atoms with Crippen LogP contribution in [0.2, 0.25) is 0 Å². The summed E-state index contributed by atoms with van der Waals surface area (Å²) in [5.74, 6) is -0.715. The molecule has 0 spiro atoms. The topological polar surface area (TPSA) is 52.6 Å². The lowest BCUT2D eigenvalue weighted by molar-refractivity contribution is -0.137. The first kappa shape index (κ1) is 11.5. The number of nitrogens with zero attached hydrogens (tertiary/aromatic N) is 1. The van der Waals surface area contributed by atoms with Crippen LogP contribution < -0.4 is 5.32 Å². The minimum absolute atomic E-state index is 0.109. The summed E-state index contributed by atoms with van der Waals surface area (Å²) in [5.41, 5.74) is 0. The van der Waals surface area contributed by atoms with Crippen molar-refractivity contribution in [2.75, 3.05) is 19.6 Å². The molecule has 1 heterocycles. The van der Waals surface area contributed by atoms with Crippen molar-refractivity contribution >= 4 is 5.97 Å². The number of rotatable bonds is 3. The van der Waals surface area contributed by atoms with E-state index >= 15 is 0 Å². The van der Waals surface area contributed by atoms with Crippen molar-refractivity contribution in [2.45, 2.75) is 38.8 Å². The zero-order chi connectivity index (χ0) is 10.6. The highest BCUT2D eigenvalue weighted by molar-refractivity contribution is 5.67. The molecule has 0 radical (unpaired) electrons. The number of aliphatic carboxylic acids is 1. The molecule has 82 valence electrons. The Kier molecular flexibility index (Phi) is 4.35. The Labute approximate surface area is 85.3 Å². The molecule has 2 unspecified atom stereocenters. The quantitative estimate of drug-likeness (QED) is 0.698. The van der Waals surface area contributed by atoms with E-state index in [1.807, 2.05) is 0 Å². The third kappa shape index (κ3) is 3.27. The number of hydrogen-bond donors (Lipinski definition) is 2. The summed E-state index contributed by atoms with van der Waals surface area (Å²) in [6.45, 7) is 7.10. The second kappa shape index (κ2) is 5.32. The molecular weight excluding hydrogens is 180 g/mol. The number of nitrogens with one attached hydrogen (secondary N) is 1. The average Bonchev–Trinajstić information content (AvgIpc) is 2.27. The van der Waals surface area contributed by atoms with Gasteiger partial charge < -0.3 is 10.4 Å². The fourth-order valence-corrected chi connectivity index (χ4v) is 1.99. The van der Waals surface area contributed by atoms with Crippen LogP contribution in [0.25, 0.3) is 0 Å². The molecule has 2 N–H and O–H groups in total. The van der Waals surface area contributed by atoms with Crippen LogP contribution in [0.1, 0.15) is 26.7 Å². The second-order valence-corrected chi connectivity index (χ2v) is 3.97. The van der Waals surface area contributed by atoms with E-state index in [1.165, 1.54) is 0 Å². The van der Waals surface area contributed by atoms with Gasteiger partial charge in [0.05, 0.1) is 6.42 Å². The maximum atomic E-state index is 10.6. The van der Waals surface area contributed by atoms with Crippen molar-refractivity contribution < 1.29 is 9.90 Å². The molecule has 14 heavy (non-hydrogen) atoms. The standard InChI is InChI=1S/C10H20N2O2/c1-3-12-7-9(6-10(13)14)11-5-4-8(12)2/h8-9,11H,3-7H2,1-2H3,(H,13,14). The Bertz CT molecular complexity index is 197. The minimum atomic E-state index is -0.715. The number of hydrogen-bond acceptors (Lipinski definition) is 3. The zero-order valence-electron chi connectivity index (χ0n) is 8.99. The molecular formula is C10H20N2O2. The average molecular weight is 200 g/mol. The first-order valence-corrected chi connectivity index (χ1v) is 5.32. The molecule has 4 heteroatoms. The Balaban J connectivity index is 2.49. The molecule has 1 aliphatic heterocycles. The SMILES string of the molecule is CCN1CC(CC(=O)O)NCCC1C. The summed E-state index contributed by atoms with van der Waals surface area (Å²) < 4.78 is 0. The summed E-state index contributed by atoms with van der Waals surface area (Å²) in [4.78, 5) is 12.9. The molecule has 0 saturated carbocycles. The van der Waals surface area contributed by atoms with Crippen molar-refractivity contribution in [3.63, 3.8) is 0 Å². The molecule has 1 aliphatic rings. The van der Waals surface area contributed by atoms with Crippen LogP contribution in [-0.2, 0) is 4.79 Å². The van der Waals surface area contributed by atoms with Gasteiger partial charge in [-0.15, -0.1) is 0 Å². The predicted octanol–water partition coefficient (Wildman–Crippen LogP) is 0.533. The van der Waals surface area contributed by atoms with Crippen LogP contribution in [0, 0.1) is 0 Å². The van der Waals surface area contributed by atoms with Crippen molar-refractivity contribution in [1.29, 1.82) is 0 Å². The van der Waals surface area contributed by atoms with Crippen LogP contribution in [0.15, 0.2) is 0 Å². The Morgan fingerprint density at radius 1 is 1.64 bits per heavy atom. The van der Waals surface area contributed by atoms with Gasteiger partial charge in [0.2, 0.25) is 0 Å². The van der Waals surface area contributed by atoms with Crippen LogP contribution in [0.4, 0.5) is 0 Å². The largest absolute Gasteiger partial charge is 0.481 e. The molecule has 0 amide bonds. The van der Waals surface area contributed by atoms with Gasteiger partial charge in [0.1, 0.15) is 0 Å². The summed E-state index contributed by atoms with van der Waals surface area (Å²) in [6, 6.07) is 0.670. The third-order valence-corrected chi connectivity index (χ3v) is 2.90. The first-order chi connectivity index (χ1) is 6.63. The highest BCUT2D eigenvalue weighted by atomic mass is 16.4. The molecule has 0 bridgehead atoms. The molecule has 1 rings (SSSR count). The smallest absolute Gasteiger partial charge is 0.304 e. The van der Waals surface area contributed by atoms with Gasteiger partial charge in [-0.05, 0) is 26.4 Å². The number of carbonyl (C=O) groups is 1. The van der Waals surface area contributed by atoms with Crippen LogP contribution >= 0.6 is 0 Å². The van der Waals surface area contributed by atoms with Crippen LogP contribution in [0.3, 0.4) is 0 Å². The van der Waals surface area contributed by atoms with Gasteiger partial charge in [-0.1, -0.05) is 6.92 Å². The van der Waals surface area contributed by atoms with E-state index in [0.29, 0.717) is 6.04 Å². The lowest BCUT2D eigenvalue weighted by atomic mass is 10.2. The fourth-order valence-electron chi connectivity index (χ4n) is 1.99. The molecule has 4 nitrogen and oxygen atoms in total. The number of carboxylic acids is 1. The lowest BCUT2D eigenvalue weighted by Gasteiger charge is -2.26. The van der Waals surface area contributed by atoms with E-state index in [9.17, 15) is 4.79 Å². The number of likely N-dealkylation sites (N-methyl/N-ethyl adjacent to an activating group) is 1. The van der Waals surface area contributed by atoms with E-state index in [1.54, 1.807) is 0 Å². The van der Waals surface area contributed by atoms with E-state index in [4.69, 9.17) is 5.11 Å². The maximum Gasteiger partial charge on any atom is 0.304 e. The van der Waals surface area contributed by atoms with Crippen LogP contribution in [-0.4, -0.2) is 47.7 Å². The molecule has 1 fully saturated rings. The van der Waals surface area contributed by atoms with Gasteiger partial charge in [-0.25, -0.2) is 0 Å². The predicted molar refractivity (Wildman–Crippen MR) is 55.4 cm³/mol. The maximum absolute atomic E-state index is 10.6. The fraction of sp³-hybridized carbons (Fsp3) is 0.900. The van der Waals surface area contributed by atoms with Crippen LogP contribution in [0.5, 0.6) is 0 Å². The van der Waals surface area contributed by atoms with Crippen molar-refractivity contribution in [3.05, 3.63) is 0 Å². The summed E-state index contributed by atoms with van der Waals surface area (Å²) >= 11 is 0. The van der Waals surface area contributed by atoms with Gasteiger partial charge >= 0.3 is 5.97 Å². The minimum Gasteiger partial charge on any atom is -0.481 e. The summed E-state index contributed by atoms with van der Waals surface area (Å²) in [6.07, 6.45) is 1.33. The molecule has 1 saturated heterocycles. The number of carboxylic acid groups (broad SMARTS) is 1. The van der Waals surface area contributed by atoms with Crippen molar-refractivity contribution in [3.8, 4) is 0 Å². The highest BCUT2D eigenvalue weighted by Crippen LogP contribution is 2.09.